The van der Waals surface area contributed by atoms with Gasteiger partial charge in [0.25, 0.3) is 0 Å². The molecule has 1 atom stereocenters. The van der Waals surface area contributed by atoms with E-state index in [1.54, 1.807) is 0 Å². The van der Waals surface area contributed by atoms with Crippen molar-refractivity contribution in [3.8, 4) is 0 Å². The van der Waals surface area contributed by atoms with Crippen LogP contribution in [0.2, 0.25) is 8.67 Å². The molecule has 20 heavy (non-hydrogen) atoms. The standard InChI is InChI=1S/C8H6Cl2F3NO4S2/c1-7(6(15)16,8(11,12)13)14-20(17,18)3-2-4(9)19-5(3)10/h2,14H,1H3,(H,15,16). The van der Waals surface area contributed by atoms with Gasteiger partial charge in [-0.1, -0.05) is 23.2 Å². The second-order valence-corrected chi connectivity index (χ2v) is 7.66. The predicted octanol–water partition coefficient (Wildman–Crippen LogP) is 2.74. The zero-order valence-electron chi connectivity index (χ0n) is 9.46. The highest BCUT2D eigenvalue weighted by atomic mass is 35.5. The molecule has 1 unspecified atom stereocenters. The van der Waals surface area contributed by atoms with Gasteiger partial charge in [0.2, 0.25) is 15.6 Å². The van der Waals surface area contributed by atoms with Crippen molar-refractivity contribution < 1.29 is 31.5 Å². The number of thiophene rings is 1. The summed E-state index contributed by atoms with van der Waals surface area (Å²) in [6.45, 7) is 0.189. The number of aliphatic carboxylic acids is 1. The minimum absolute atomic E-state index is 0.0700. The van der Waals surface area contributed by atoms with Crippen LogP contribution in [-0.4, -0.2) is 31.2 Å². The highest BCUT2D eigenvalue weighted by molar-refractivity contribution is 7.90. The lowest BCUT2D eigenvalue weighted by Crippen LogP contribution is -2.61. The molecular weight excluding hydrogens is 366 g/mol. The first-order valence-corrected chi connectivity index (χ1v) is 7.66. The van der Waals surface area contributed by atoms with E-state index in [9.17, 15) is 26.4 Å². The molecule has 114 valence electrons. The van der Waals surface area contributed by atoms with Crippen LogP contribution >= 0.6 is 34.5 Å². The number of hydrogen-bond donors (Lipinski definition) is 2. The lowest BCUT2D eigenvalue weighted by Gasteiger charge is -2.28. The Morgan fingerprint density at radius 2 is 1.90 bits per heavy atom. The van der Waals surface area contributed by atoms with Crippen molar-refractivity contribution in [1.29, 1.82) is 0 Å². The van der Waals surface area contributed by atoms with Crippen LogP contribution in [0.15, 0.2) is 11.0 Å². The summed E-state index contributed by atoms with van der Waals surface area (Å²) in [6.07, 6.45) is -5.35. The van der Waals surface area contributed by atoms with Crippen LogP contribution in [0, 0.1) is 0 Å². The minimum Gasteiger partial charge on any atom is -0.480 e. The van der Waals surface area contributed by atoms with Crippen molar-refractivity contribution in [2.45, 2.75) is 23.5 Å². The number of carboxylic acid groups (broad SMARTS) is 1. The summed E-state index contributed by atoms with van der Waals surface area (Å²) < 4.78 is 62.5. The lowest BCUT2D eigenvalue weighted by molar-refractivity contribution is -0.201. The Morgan fingerprint density at radius 1 is 1.40 bits per heavy atom. The molecular formula is C8H6Cl2F3NO4S2. The SMILES string of the molecule is CC(NS(=O)(=O)c1cc(Cl)sc1Cl)(C(=O)O)C(F)(F)F. The van der Waals surface area contributed by atoms with E-state index in [2.05, 4.69) is 0 Å². The van der Waals surface area contributed by atoms with Crippen molar-refractivity contribution in [2.75, 3.05) is 0 Å². The number of halogens is 5. The number of hydrogen-bond acceptors (Lipinski definition) is 4. The van der Waals surface area contributed by atoms with E-state index in [4.69, 9.17) is 28.3 Å². The molecule has 0 saturated heterocycles. The molecule has 0 aliphatic carbocycles. The van der Waals surface area contributed by atoms with Crippen LogP contribution in [-0.2, 0) is 14.8 Å². The highest BCUT2D eigenvalue weighted by Crippen LogP contribution is 2.37. The van der Waals surface area contributed by atoms with Crippen LogP contribution in [0.5, 0.6) is 0 Å². The normalized spacial score (nSPS) is 15.9. The molecule has 0 amide bonds. The third-order valence-electron chi connectivity index (χ3n) is 2.25. The summed E-state index contributed by atoms with van der Waals surface area (Å²) in [4.78, 5) is 10.0. The molecule has 12 heteroatoms. The van der Waals surface area contributed by atoms with Crippen molar-refractivity contribution in [3.63, 3.8) is 0 Å². The van der Waals surface area contributed by atoms with Crippen LogP contribution < -0.4 is 4.72 Å². The fourth-order valence-corrected chi connectivity index (χ4v) is 4.56. The van der Waals surface area contributed by atoms with Gasteiger partial charge >= 0.3 is 12.1 Å². The quantitative estimate of drug-likeness (QED) is 0.852. The molecule has 0 saturated carbocycles. The Bertz CT molecular complexity index is 643. The van der Waals surface area contributed by atoms with Crippen LogP contribution in [0.25, 0.3) is 0 Å². The molecule has 2 N–H and O–H groups in total. The molecule has 0 fully saturated rings. The van der Waals surface area contributed by atoms with Gasteiger partial charge in [-0.15, -0.1) is 11.3 Å². The lowest BCUT2D eigenvalue weighted by atomic mass is 10.0. The number of carbonyl (C=O) groups is 1. The van der Waals surface area contributed by atoms with Gasteiger partial charge in [-0.2, -0.15) is 17.9 Å². The minimum atomic E-state index is -5.35. The first-order valence-electron chi connectivity index (χ1n) is 4.60. The van der Waals surface area contributed by atoms with Gasteiger partial charge in [0, 0.05) is 0 Å². The van der Waals surface area contributed by atoms with E-state index < -0.39 is 32.6 Å². The Balaban J connectivity index is 3.31. The first kappa shape index (κ1) is 17.5. The number of rotatable bonds is 4. The summed E-state index contributed by atoms with van der Waals surface area (Å²) in [6, 6.07) is 0.829. The van der Waals surface area contributed by atoms with E-state index in [1.807, 2.05) is 0 Å². The second-order valence-electron chi connectivity index (χ2n) is 3.72. The maximum absolute atomic E-state index is 12.7. The Kier molecular flexibility index (Phi) is 4.67. The monoisotopic (exact) mass is 371 g/mol. The molecule has 0 aromatic carbocycles. The maximum atomic E-state index is 12.7. The van der Waals surface area contributed by atoms with E-state index in [0.29, 0.717) is 11.3 Å². The Labute approximate surface area is 125 Å². The molecule has 1 aromatic heterocycles. The van der Waals surface area contributed by atoms with Gasteiger partial charge in [-0.3, -0.25) is 0 Å². The van der Waals surface area contributed by atoms with Crippen molar-refractivity contribution >= 4 is 50.5 Å². The Hall–Kier alpha value is -0.550. The number of carboxylic acids is 1. The van der Waals surface area contributed by atoms with Crippen LogP contribution in [0.1, 0.15) is 6.92 Å². The van der Waals surface area contributed by atoms with Gasteiger partial charge < -0.3 is 5.11 Å². The molecule has 0 bridgehead atoms. The topological polar surface area (TPSA) is 83.5 Å². The zero-order valence-corrected chi connectivity index (χ0v) is 12.6. The van der Waals surface area contributed by atoms with E-state index >= 15 is 0 Å². The predicted molar refractivity (Wildman–Crippen MR) is 66.8 cm³/mol. The number of sulfonamides is 1. The zero-order chi connectivity index (χ0) is 15.9. The largest absolute Gasteiger partial charge is 0.480 e. The molecule has 1 heterocycles. The average Bonchev–Trinajstić information content (AvgIpc) is 2.55. The number of nitrogens with one attached hydrogen (secondary N) is 1. The molecule has 0 aliphatic heterocycles. The molecule has 0 spiro atoms. The molecule has 1 aromatic rings. The maximum Gasteiger partial charge on any atom is 0.418 e. The van der Waals surface area contributed by atoms with E-state index in [0.717, 1.165) is 10.8 Å². The summed E-state index contributed by atoms with van der Waals surface area (Å²) in [5, 5.41) is 8.65. The second kappa shape index (κ2) is 5.34. The third kappa shape index (κ3) is 3.19. The molecule has 0 radical (unpaired) electrons. The van der Waals surface area contributed by atoms with Gasteiger partial charge in [0.05, 0.1) is 4.34 Å². The third-order valence-corrected chi connectivity index (χ3v) is 5.55. The molecule has 5 nitrogen and oxygen atoms in total. The Morgan fingerprint density at radius 3 is 2.20 bits per heavy atom. The summed E-state index contributed by atoms with van der Waals surface area (Å²) in [7, 11) is -4.81. The highest BCUT2D eigenvalue weighted by Gasteiger charge is 2.59. The summed E-state index contributed by atoms with van der Waals surface area (Å²) in [5.74, 6) is -2.40. The van der Waals surface area contributed by atoms with Crippen molar-refractivity contribution in [1.82, 2.24) is 4.72 Å². The van der Waals surface area contributed by atoms with E-state index in [-0.39, 0.29) is 15.6 Å². The smallest absolute Gasteiger partial charge is 0.418 e. The fraction of sp³-hybridized carbons (Fsp3) is 0.375. The van der Waals surface area contributed by atoms with Gasteiger partial charge in [-0.25, -0.2) is 13.2 Å². The van der Waals surface area contributed by atoms with Crippen molar-refractivity contribution in [2.24, 2.45) is 0 Å². The van der Waals surface area contributed by atoms with Gasteiger partial charge in [0.15, 0.2) is 0 Å². The van der Waals surface area contributed by atoms with Crippen LogP contribution in [0.4, 0.5) is 13.2 Å². The van der Waals surface area contributed by atoms with Crippen LogP contribution in [0.3, 0.4) is 0 Å². The van der Waals surface area contributed by atoms with E-state index in [1.165, 1.54) is 0 Å². The van der Waals surface area contributed by atoms with Crippen molar-refractivity contribution in [3.05, 3.63) is 14.7 Å². The summed E-state index contributed by atoms with van der Waals surface area (Å²) in [5.41, 5.74) is -3.69. The van der Waals surface area contributed by atoms with Gasteiger partial charge in [-0.05, 0) is 13.0 Å². The summed E-state index contributed by atoms with van der Waals surface area (Å²) >= 11 is 11.7. The number of alkyl halides is 3. The molecule has 1 rings (SSSR count). The fourth-order valence-electron chi connectivity index (χ4n) is 1.05. The first-order chi connectivity index (χ1) is 8.81. The van der Waals surface area contributed by atoms with Gasteiger partial charge in [0.1, 0.15) is 9.23 Å². The molecule has 0 aliphatic rings. The average molecular weight is 372 g/mol.